The van der Waals surface area contributed by atoms with Crippen LogP contribution in [0.5, 0.6) is 0 Å². The standard InChI is InChI=1S/C16H22N2O2/c19-16(18-20-11-12-4-2-1-3-5-12)10-13-8-14-6-7-15(9-13)17-14/h1-5,13-15,17H,6-11H2,(H,18,19). The van der Waals surface area contributed by atoms with Crippen molar-refractivity contribution < 1.29 is 9.63 Å². The molecule has 0 aromatic heterocycles. The average Bonchev–Trinajstić information content (AvgIpc) is 2.79. The monoisotopic (exact) mass is 274 g/mol. The first-order valence-corrected chi connectivity index (χ1v) is 7.50. The first-order valence-electron chi connectivity index (χ1n) is 7.50. The summed E-state index contributed by atoms with van der Waals surface area (Å²) in [5.41, 5.74) is 3.63. The molecule has 20 heavy (non-hydrogen) atoms. The summed E-state index contributed by atoms with van der Waals surface area (Å²) in [5.74, 6) is 0.515. The molecule has 2 bridgehead atoms. The van der Waals surface area contributed by atoms with Crippen LogP contribution in [0.4, 0.5) is 0 Å². The number of carbonyl (C=O) groups is 1. The molecule has 0 spiro atoms. The maximum absolute atomic E-state index is 11.9. The van der Waals surface area contributed by atoms with Crippen molar-refractivity contribution in [2.24, 2.45) is 5.92 Å². The van der Waals surface area contributed by atoms with Crippen molar-refractivity contribution in [1.29, 1.82) is 0 Å². The van der Waals surface area contributed by atoms with Crippen LogP contribution in [0.3, 0.4) is 0 Å². The molecule has 2 fully saturated rings. The van der Waals surface area contributed by atoms with Crippen molar-refractivity contribution in [2.75, 3.05) is 0 Å². The van der Waals surface area contributed by atoms with E-state index in [1.165, 1.54) is 12.8 Å². The van der Waals surface area contributed by atoms with E-state index in [2.05, 4.69) is 10.8 Å². The summed E-state index contributed by atoms with van der Waals surface area (Å²) < 4.78 is 0. The van der Waals surface area contributed by atoms with Gasteiger partial charge in [0.25, 0.3) is 0 Å². The van der Waals surface area contributed by atoms with Gasteiger partial charge in [0.15, 0.2) is 0 Å². The molecule has 1 amide bonds. The summed E-state index contributed by atoms with van der Waals surface area (Å²) in [7, 11) is 0. The molecule has 1 aromatic rings. The predicted octanol–water partition coefficient (Wildman–Crippen LogP) is 2.16. The second-order valence-electron chi connectivity index (χ2n) is 5.98. The summed E-state index contributed by atoms with van der Waals surface area (Å²) in [5, 5.41) is 3.60. The second-order valence-corrected chi connectivity index (χ2v) is 5.98. The Balaban J connectivity index is 1.37. The van der Waals surface area contributed by atoms with Crippen molar-refractivity contribution in [3.05, 3.63) is 35.9 Å². The maximum atomic E-state index is 11.9. The maximum Gasteiger partial charge on any atom is 0.243 e. The summed E-state index contributed by atoms with van der Waals surface area (Å²) in [4.78, 5) is 17.2. The van der Waals surface area contributed by atoms with Crippen molar-refractivity contribution in [3.63, 3.8) is 0 Å². The highest BCUT2D eigenvalue weighted by Gasteiger charge is 2.34. The average molecular weight is 274 g/mol. The van der Waals surface area contributed by atoms with Crippen LogP contribution in [-0.4, -0.2) is 18.0 Å². The Labute approximate surface area is 119 Å². The zero-order valence-corrected chi connectivity index (χ0v) is 11.7. The van der Waals surface area contributed by atoms with Gasteiger partial charge in [-0.1, -0.05) is 30.3 Å². The normalized spacial score (nSPS) is 28.3. The van der Waals surface area contributed by atoms with Crippen LogP contribution in [-0.2, 0) is 16.2 Å². The van der Waals surface area contributed by atoms with Crippen molar-refractivity contribution in [2.45, 2.75) is 50.8 Å². The van der Waals surface area contributed by atoms with Gasteiger partial charge in [-0.25, -0.2) is 5.48 Å². The van der Waals surface area contributed by atoms with E-state index in [0.29, 0.717) is 31.0 Å². The Kier molecular flexibility index (Phi) is 4.33. The number of benzene rings is 1. The van der Waals surface area contributed by atoms with Gasteiger partial charge in [-0.2, -0.15) is 0 Å². The van der Waals surface area contributed by atoms with Crippen LogP contribution in [0.2, 0.25) is 0 Å². The van der Waals surface area contributed by atoms with Gasteiger partial charge in [0.1, 0.15) is 0 Å². The lowest BCUT2D eigenvalue weighted by molar-refractivity contribution is -0.135. The molecule has 2 saturated heterocycles. The first-order chi connectivity index (χ1) is 9.79. The van der Waals surface area contributed by atoms with E-state index < -0.39 is 0 Å². The van der Waals surface area contributed by atoms with E-state index in [1.54, 1.807) is 0 Å². The van der Waals surface area contributed by atoms with Gasteiger partial charge in [0.2, 0.25) is 5.91 Å². The van der Waals surface area contributed by atoms with Crippen LogP contribution in [0.25, 0.3) is 0 Å². The highest BCUT2D eigenvalue weighted by Crippen LogP contribution is 2.32. The van der Waals surface area contributed by atoms with E-state index in [-0.39, 0.29) is 5.91 Å². The van der Waals surface area contributed by atoms with Crippen LogP contribution < -0.4 is 10.8 Å². The molecule has 2 N–H and O–H groups in total. The third-order valence-corrected chi connectivity index (χ3v) is 4.31. The number of carbonyl (C=O) groups excluding carboxylic acids is 1. The zero-order chi connectivity index (χ0) is 13.8. The molecule has 2 atom stereocenters. The Hall–Kier alpha value is -1.39. The summed E-state index contributed by atoms with van der Waals surface area (Å²) in [6.45, 7) is 0.421. The SMILES string of the molecule is O=C(CC1CC2CCC(C1)N2)NOCc1ccccc1. The molecule has 2 aliphatic rings. The number of rotatable bonds is 5. The Morgan fingerprint density at radius 3 is 2.60 bits per heavy atom. The molecule has 2 unspecified atom stereocenters. The molecule has 2 heterocycles. The largest absolute Gasteiger partial charge is 0.311 e. The third kappa shape index (κ3) is 3.58. The lowest BCUT2D eigenvalue weighted by Crippen LogP contribution is -2.39. The molecular weight excluding hydrogens is 252 g/mol. The van der Waals surface area contributed by atoms with E-state index >= 15 is 0 Å². The number of hydroxylamine groups is 1. The van der Waals surface area contributed by atoms with Gasteiger partial charge in [-0.3, -0.25) is 9.63 Å². The topological polar surface area (TPSA) is 50.4 Å². The fraction of sp³-hybridized carbons (Fsp3) is 0.562. The lowest BCUT2D eigenvalue weighted by Gasteiger charge is -2.28. The highest BCUT2D eigenvalue weighted by atomic mass is 16.6. The minimum Gasteiger partial charge on any atom is -0.311 e. The van der Waals surface area contributed by atoms with Crippen LogP contribution in [0.1, 0.15) is 37.7 Å². The van der Waals surface area contributed by atoms with E-state index in [9.17, 15) is 4.79 Å². The third-order valence-electron chi connectivity index (χ3n) is 4.31. The number of nitrogens with one attached hydrogen (secondary N) is 2. The minimum atomic E-state index is 0.00670. The number of fused-ring (bicyclic) bond motifs is 2. The summed E-state index contributed by atoms with van der Waals surface area (Å²) >= 11 is 0. The van der Waals surface area contributed by atoms with Crippen LogP contribution in [0.15, 0.2) is 30.3 Å². The first kappa shape index (κ1) is 13.6. The van der Waals surface area contributed by atoms with Crippen molar-refractivity contribution in [3.8, 4) is 0 Å². The van der Waals surface area contributed by atoms with Gasteiger partial charge in [0.05, 0.1) is 6.61 Å². The smallest absolute Gasteiger partial charge is 0.243 e. The summed E-state index contributed by atoms with van der Waals surface area (Å²) in [6, 6.07) is 11.1. The van der Waals surface area contributed by atoms with Crippen LogP contribution >= 0.6 is 0 Å². The quantitative estimate of drug-likeness (QED) is 0.809. The lowest BCUT2D eigenvalue weighted by atomic mass is 9.89. The summed E-state index contributed by atoms with van der Waals surface area (Å²) in [6.07, 6.45) is 5.38. The Bertz CT molecular complexity index is 437. The van der Waals surface area contributed by atoms with Gasteiger partial charge >= 0.3 is 0 Å². The minimum absolute atomic E-state index is 0.00670. The van der Waals surface area contributed by atoms with Gasteiger partial charge in [-0.05, 0) is 37.2 Å². The van der Waals surface area contributed by atoms with Gasteiger partial charge in [0, 0.05) is 18.5 Å². The highest BCUT2D eigenvalue weighted by molar-refractivity contribution is 5.75. The Morgan fingerprint density at radius 2 is 1.90 bits per heavy atom. The number of amides is 1. The molecule has 4 heteroatoms. The van der Waals surface area contributed by atoms with E-state index in [4.69, 9.17) is 4.84 Å². The van der Waals surface area contributed by atoms with Crippen molar-refractivity contribution in [1.82, 2.24) is 10.8 Å². The zero-order valence-electron chi connectivity index (χ0n) is 11.7. The Morgan fingerprint density at radius 1 is 1.20 bits per heavy atom. The molecule has 108 valence electrons. The molecule has 0 aliphatic carbocycles. The van der Waals surface area contributed by atoms with Crippen molar-refractivity contribution >= 4 is 5.91 Å². The molecule has 2 aliphatic heterocycles. The number of hydrogen-bond acceptors (Lipinski definition) is 3. The molecule has 1 aromatic carbocycles. The molecule has 0 radical (unpaired) electrons. The second kappa shape index (κ2) is 6.37. The van der Waals surface area contributed by atoms with Crippen LogP contribution in [0, 0.1) is 5.92 Å². The molecule has 0 saturated carbocycles. The fourth-order valence-electron chi connectivity index (χ4n) is 3.42. The van der Waals surface area contributed by atoms with E-state index in [0.717, 1.165) is 18.4 Å². The fourth-order valence-corrected chi connectivity index (χ4v) is 3.42. The number of hydrogen-bond donors (Lipinski definition) is 2. The van der Waals surface area contributed by atoms with Gasteiger partial charge < -0.3 is 5.32 Å². The predicted molar refractivity (Wildman–Crippen MR) is 76.7 cm³/mol. The molecular formula is C16H22N2O2. The molecule has 4 nitrogen and oxygen atoms in total. The molecule has 3 rings (SSSR count). The van der Waals surface area contributed by atoms with Gasteiger partial charge in [-0.15, -0.1) is 0 Å². The van der Waals surface area contributed by atoms with E-state index in [1.807, 2.05) is 30.3 Å². The number of piperidine rings is 1.